The van der Waals surface area contributed by atoms with Crippen molar-refractivity contribution >= 4 is 11.3 Å². The molecule has 2 aromatic rings. The largest absolute Gasteiger partial charge is 0.298 e. The summed E-state index contributed by atoms with van der Waals surface area (Å²) in [7, 11) is 2.02. The van der Waals surface area contributed by atoms with E-state index in [1.165, 1.54) is 61.0 Å². The lowest BCUT2D eigenvalue weighted by molar-refractivity contribution is 0.247. The highest BCUT2D eigenvalue weighted by Gasteiger charge is 2.35. The van der Waals surface area contributed by atoms with Gasteiger partial charge in [0.15, 0.2) is 0 Å². The van der Waals surface area contributed by atoms with Crippen molar-refractivity contribution in [3.8, 4) is 0 Å². The molecule has 0 unspecified atom stereocenters. The smallest absolute Gasteiger partial charge is 0.0897 e. The topological polar surface area (TPSA) is 37.2 Å². The van der Waals surface area contributed by atoms with Gasteiger partial charge in [-0.25, -0.2) is 4.98 Å². The third-order valence-electron chi connectivity index (χ3n) is 5.85. The predicted molar refractivity (Wildman–Crippen MR) is 102 cm³/mol. The van der Waals surface area contributed by atoms with Crippen LogP contribution in [0.3, 0.4) is 0 Å². The van der Waals surface area contributed by atoms with E-state index in [4.69, 9.17) is 0 Å². The number of hydrogen-bond donors (Lipinski definition) is 0. The van der Waals surface area contributed by atoms with Gasteiger partial charge in [-0.2, -0.15) is 5.10 Å². The monoisotopic (exact) mass is 359 g/mol. The van der Waals surface area contributed by atoms with Crippen LogP contribution in [0.2, 0.25) is 0 Å². The van der Waals surface area contributed by atoms with E-state index in [9.17, 15) is 0 Å². The molecule has 0 amide bonds. The maximum atomic E-state index is 4.64. The average Bonchev–Trinajstić information content (AvgIpc) is 3.19. The van der Waals surface area contributed by atoms with Gasteiger partial charge in [0.25, 0.3) is 0 Å². The van der Waals surface area contributed by atoms with Crippen LogP contribution < -0.4 is 0 Å². The van der Waals surface area contributed by atoms with Crippen LogP contribution in [-0.4, -0.2) is 50.7 Å². The van der Waals surface area contributed by atoms with Gasteiger partial charge in [0.05, 0.1) is 16.4 Å². The van der Waals surface area contributed by atoms with Crippen molar-refractivity contribution in [2.75, 3.05) is 26.2 Å². The number of aromatic nitrogens is 3. The molecule has 6 heteroatoms. The van der Waals surface area contributed by atoms with E-state index in [2.05, 4.69) is 45.3 Å². The second-order valence-corrected chi connectivity index (χ2v) is 8.90. The molecule has 2 aromatic heterocycles. The normalized spacial score (nSPS) is 25.2. The van der Waals surface area contributed by atoms with E-state index >= 15 is 0 Å². The van der Waals surface area contributed by atoms with Gasteiger partial charge < -0.3 is 0 Å². The number of rotatable bonds is 4. The third-order valence-corrected chi connectivity index (χ3v) is 6.67. The number of likely N-dealkylation sites (tertiary alicyclic amines) is 2. The van der Waals surface area contributed by atoms with Crippen molar-refractivity contribution in [2.45, 2.75) is 39.8 Å². The molecule has 0 radical (unpaired) electrons. The van der Waals surface area contributed by atoms with Gasteiger partial charge in [0, 0.05) is 50.4 Å². The average molecular weight is 360 g/mol. The summed E-state index contributed by atoms with van der Waals surface area (Å²) in [5.74, 6) is 1.72. The first kappa shape index (κ1) is 17.2. The summed E-state index contributed by atoms with van der Waals surface area (Å²) in [5.41, 5.74) is 3.82. The number of aryl methyl sites for hydroxylation is 3. The molecule has 4 rings (SSSR count). The SMILES string of the molecule is Cc1nc(CN2CC[C@@H]3CN(Cc4cn(C)nc4C)C[C@@H]3CC2)cs1. The quantitative estimate of drug-likeness (QED) is 0.841. The molecule has 2 aliphatic rings. The van der Waals surface area contributed by atoms with Crippen LogP contribution in [0.25, 0.3) is 0 Å². The number of nitrogens with zero attached hydrogens (tertiary/aromatic N) is 5. The highest BCUT2D eigenvalue weighted by atomic mass is 32.1. The lowest BCUT2D eigenvalue weighted by Gasteiger charge is -2.21. The molecule has 0 aliphatic carbocycles. The second-order valence-electron chi connectivity index (χ2n) is 7.84. The Hall–Kier alpha value is -1.24. The maximum Gasteiger partial charge on any atom is 0.0897 e. The minimum absolute atomic E-state index is 0.860. The van der Waals surface area contributed by atoms with Gasteiger partial charge in [0.2, 0.25) is 0 Å². The van der Waals surface area contributed by atoms with E-state index in [0.717, 1.165) is 24.9 Å². The molecule has 0 aromatic carbocycles. The Labute approximate surface area is 154 Å². The van der Waals surface area contributed by atoms with Gasteiger partial charge >= 0.3 is 0 Å². The van der Waals surface area contributed by atoms with Crippen LogP contribution in [0.4, 0.5) is 0 Å². The van der Waals surface area contributed by atoms with Crippen LogP contribution in [0.15, 0.2) is 11.6 Å². The minimum Gasteiger partial charge on any atom is -0.298 e. The lowest BCUT2D eigenvalue weighted by Crippen LogP contribution is -2.27. The molecule has 0 N–H and O–H groups in total. The number of thiazole rings is 1. The van der Waals surface area contributed by atoms with E-state index in [-0.39, 0.29) is 0 Å². The summed E-state index contributed by atoms with van der Waals surface area (Å²) in [4.78, 5) is 9.90. The summed E-state index contributed by atoms with van der Waals surface area (Å²) >= 11 is 1.77. The summed E-state index contributed by atoms with van der Waals surface area (Å²) in [6, 6.07) is 0. The fourth-order valence-electron chi connectivity index (χ4n) is 4.54. The van der Waals surface area contributed by atoms with Gasteiger partial charge in [0.1, 0.15) is 0 Å². The Morgan fingerprint density at radius 2 is 1.80 bits per heavy atom. The molecule has 136 valence electrons. The number of hydrogen-bond acceptors (Lipinski definition) is 5. The summed E-state index contributed by atoms with van der Waals surface area (Å²) in [5, 5.41) is 7.89. The van der Waals surface area contributed by atoms with Gasteiger partial charge in [-0.1, -0.05) is 0 Å². The van der Waals surface area contributed by atoms with Crippen LogP contribution in [0.5, 0.6) is 0 Å². The minimum atomic E-state index is 0.860. The van der Waals surface area contributed by atoms with E-state index in [1.807, 2.05) is 11.7 Å². The Bertz CT molecular complexity index is 705. The lowest BCUT2D eigenvalue weighted by atomic mass is 9.92. The fourth-order valence-corrected chi connectivity index (χ4v) is 5.14. The van der Waals surface area contributed by atoms with Crippen LogP contribution in [0.1, 0.15) is 34.8 Å². The molecule has 0 bridgehead atoms. The first-order valence-corrected chi connectivity index (χ1v) is 10.3. The Morgan fingerprint density at radius 1 is 1.08 bits per heavy atom. The molecular formula is C19H29N5S. The van der Waals surface area contributed by atoms with Crippen molar-refractivity contribution in [3.05, 3.63) is 33.5 Å². The molecule has 2 fully saturated rings. The van der Waals surface area contributed by atoms with Crippen molar-refractivity contribution in [2.24, 2.45) is 18.9 Å². The van der Waals surface area contributed by atoms with Crippen molar-refractivity contribution in [1.29, 1.82) is 0 Å². The van der Waals surface area contributed by atoms with Crippen LogP contribution >= 0.6 is 11.3 Å². The van der Waals surface area contributed by atoms with Crippen LogP contribution in [-0.2, 0) is 20.1 Å². The van der Waals surface area contributed by atoms with Crippen molar-refractivity contribution in [1.82, 2.24) is 24.6 Å². The van der Waals surface area contributed by atoms with Crippen molar-refractivity contribution < 1.29 is 0 Å². The zero-order valence-corrected chi connectivity index (χ0v) is 16.4. The Morgan fingerprint density at radius 3 is 2.36 bits per heavy atom. The first-order chi connectivity index (χ1) is 12.1. The van der Waals surface area contributed by atoms with Gasteiger partial charge in [-0.15, -0.1) is 11.3 Å². The van der Waals surface area contributed by atoms with E-state index in [0.29, 0.717) is 0 Å². The number of fused-ring (bicyclic) bond motifs is 1. The molecule has 0 saturated carbocycles. The van der Waals surface area contributed by atoms with E-state index < -0.39 is 0 Å². The fraction of sp³-hybridized carbons (Fsp3) is 0.684. The predicted octanol–water partition coefficient (Wildman–Crippen LogP) is 2.84. The maximum absolute atomic E-state index is 4.64. The third kappa shape index (κ3) is 3.96. The molecule has 5 nitrogen and oxygen atoms in total. The highest BCUT2D eigenvalue weighted by Crippen LogP contribution is 2.33. The molecule has 2 aliphatic heterocycles. The standard InChI is InChI=1S/C19H29N5S/c1-14-18(8-22(3)21-14)11-24-9-16-4-6-23(7-5-17(16)10-24)12-19-13-25-15(2)20-19/h8,13,16-17H,4-7,9-12H2,1-3H3/t16-,17+. The summed E-state index contributed by atoms with van der Waals surface area (Å²) in [6.07, 6.45) is 4.84. The van der Waals surface area contributed by atoms with Crippen molar-refractivity contribution in [3.63, 3.8) is 0 Å². The Kier molecular flexibility index (Phi) is 4.93. The second kappa shape index (κ2) is 7.17. The molecule has 2 atom stereocenters. The highest BCUT2D eigenvalue weighted by molar-refractivity contribution is 7.09. The van der Waals surface area contributed by atoms with Crippen LogP contribution in [0, 0.1) is 25.7 Å². The summed E-state index contributed by atoms with van der Waals surface area (Å²) in [6.45, 7) is 11.3. The zero-order valence-electron chi connectivity index (χ0n) is 15.6. The Balaban J connectivity index is 1.31. The molecule has 4 heterocycles. The van der Waals surface area contributed by atoms with E-state index in [1.54, 1.807) is 11.3 Å². The zero-order chi connectivity index (χ0) is 17.4. The molecule has 2 saturated heterocycles. The van der Waals surface area contributed by atoms with Gasteiger partial charge in [-0.05, 0) is 51.6 Å². The first-order valence-electron chi connectivity index (χ1n) is 9.41. The molecule has 0 spiro atoms. The molecule has 25 heavy (non-hydrogen) atoms. The van der Waals surface area contributed by atoms with Gasteiger partial charge in [-0.3, -0.25) is 14.5 Å². The molecular weight excluding hydrogens is 330 g/mol. The summed E-state index contributed by atoms with van der Waals surface area (Å²) < 4.78 is 1.94.